The topological polar surface area (TPSA) is 65.0 Å². The Hall–Kier alpha value is -2.88. The molecule has 27 heavy (non-hydrogen) atoms. The second kappa shape index (κ2) is 8.21. The molecule has 0 aliphatic rings. The third-order valence-corrected chi connectivity index (χ3v) is 3.15. The van der Waals surface area contributed by atoms with E-state index in [-0.39, 0.29) is 12.4 Å². The van der Waals surface area contributed by atoms with E-state index < -0.39 is 47.1 Å². The Balaban J connectivity index is 2.29. The number of hydrogen-bond donors (Lipinski definition) is 1. The lowest BCUT2D eigenvalue weighted by atomic mass is 10.1. The van der Waals surface area contributed by atoms with Crippen LogP contribution in [0.2, 0.25) is 0 Å². The second-order valence-corrected chi connectivity index (χ2v) is 5.10. The quantitative estimate of drug-likeness (QED) is 0.685. The van der Waals surface area contributed by atoms with Crippen LogP contribution in [0.1, 0.15) is 18.6 Å². The molecular weight excluding hydrogens is 379 g/mol. The van der Waals surface area contributed by atoms with Gasteiger partial charge in [-0.2, -0.15) is 0 Å². The normalized spacial score (nSPS) is 12.5. The van der Waals surface area contributed by atoms with Gasteiger partial charge in [0.1, 0.15) is 28.9 Å². The molecular formula is C17H13F5O5. The van der Waals surface area contributed by atoms with E-state index in [0.717, 1.165) is 12.1 Å². The molecule has 146 valence electrons. The van der Waals surface area contributed by atoms with Crippen LogP contribution in [0.15, 0.2) is 36.4 Å². The van der Waals surface area contributed by atoms with Gasteiger partial charge in [0.05, 0.1) is 5.56 Å². The second-order valence-electron chi connectivity index (χ2n) is 5.10. The lowest BCUT2D eigenvalue weighted by Gasteiger charge is -2.16. The van der Waals surface area contributed by atoms with Gasteiger partial charge in [0.2, 0.25) is 0 Å². The molecule has 1 unspecified atom stereocenters. The summed E-state index contributed by atoms with van der Waals surface area (Å²) in [6.45, 7) is 1.36. The van der Waals surface area contributed by atoms with Gasteiger partial charge in [0, 0.05) is 24.8 Å². The fraction of sp³-hybridized carbons (Fsp3) is 0.235. The number of alkyl halides is 3. The summed E-state index contributed by atoms with van der Waals surface area (Å²) in [7, 11) is 0. The highest BCUT2D eigenvalue weighted by atomic mass is 19.4. The molecule has 2 aromatic carbocycles. The maximum atomic E-state index is 14.2. The first kappa shape index (κ1) is 20.4. The van der Waals surface area contributed by atoms with Crippen LogP contribution in [-0.2, 0) is 9.53 Å². The molecule has 0 heterocycles. The lowest BCUT2D eigenvalue weighted by molar-refractivity contribution is -0.274. The van der Waals surface area contributed by atoms with Gasteiger partial charge in [-0.15, -0.1) is 13.2 Å². The predicted octanol–water partition coefficient (Wildman–Crippen LogP) is 4.82. The molecule has 0 spiro atoms. The molecule has 10 heteroatoms. The van der Waals surface area contributed by atoms with Gasteiger partial charge < -0.3 is 19.3 Å². The highest BCUT2D eigenvalue weighted by Gasteiger charge is 2.31. The average molecular weight is 392 g/mol. The summed E-state index contributed by atoms with van der Waals surface area (Å²) >= 11 is 0. The average Bonchev–Trinajstić information content (AvgIpc) is 2.52. The van der Waals surface area contributed by atoms with Crippen molar-refractivity contribution in [2.75, 3.05) is 6.61 Å². The van der Waals surface area contributed by atoms with E-state index in [4.69, 9.17) is 14.6 Å². The van der Waals surface area contributed by atoms with Crippen LogP contribution in [0.4, 0.5) is 22.0 Å². The molecule has 0 aliphatic carbocycles. The van der Waals surface area contributed by atoms with Gasteiger partial charge in [0.25, 0.3) is 0 Å². The Kier molecular flexibility index (Phi) is 6.21. The van der Waals surface area contributed by atoms with Gasteiger partial charge in [-0.25, -0.2) is 13.6 Å². The maximum Gasteiger partial charge on any atom is 0.573 e. The number of aliphatic carboxylic acids is 1. The van der Waals surface area contributed by atoms with Crippen molar-refractivity contribution in [3.8, 4) is 17.2 Å². The summed E-state index contributed by atoms with van der Waals surface area (Å²) in [5.41, 5.74) is -0.814. The molecule has 0 saturated heterocycles. The smallest absolute Gasteiger partial charge is 0.479 e. The lowest BCUT2D eigenvalue weighted by Crippen LogP contribution is -2.18. The number of hydrogen-bond acceptors (Lipinski definition) is 4. The Bertz CT molecular complexity index is 799. The molecule has 5 nitrogen and oxygen atoms in total. The van der Waals surface area contributed by atoms with Crippen LogP contribution in [0.3, 0.4) is 0 Å². The fourth-order valence-corrected chi connectivity index (χ4v) is 2.19. The van der Waals surface area contributed by atoms with Crippen molar-refractivity contribution < 1.29 is 46.1 Å². The standard InChI is InChI=1S/C17H13F5O5/c1-2-25-15(16(23)24)14-12(18)7-11(8-13(14)19)26-9-4-3-5-10(6-9)27-17(20,21)22/h3-8,15H,2H2,1H3,(H,23,24). The van der Waals surface area contributed by atoms with Crippen molar-refractivity contribution in [1.29, 1.82) is 0 Å². The molecule has 0 aromatic heterocycles. The van der Waals surface area contributed by atoms with Crippen LogP contribution in [-0.4, -0.2) is 24.0 Å². The first-order chi connectivity index (χ1) is 12.6. The van der Waals surface area contributed by atoms with Gasteiger partial charge >= 0.3 is 12.3 Å². The summed E-state index contributed by atoms with van der Waals surface area (Å²) in [5, 5.41) is 9.04. The van der Waals surface area contributed by atoms with Crippen molar-refractivity contribution in [3.63, 3.8) is 0 Å². The third-order valence-electron chi connectivity index (χ3n) is 3.15. The summed E-state index contributed by atoms with van der Waals surface area (Å²) in [6, 6.07) is 5.72. The molecule has 0 amide bonds. The summed E-state index contributed by atoms with van der Waals surface area (Å²) in [5.74, 6) is -5.22. The van der Waals surface area contributed by atoms with E-state index in [1.807, 2.05) is 0 Å². The molecule has 0 radical (unpaired) electrons. The monoisotopic (exact) mass is 392 g/mol. The van der Waals surface area contributed by atoms with Crippen molar-refractivity contribution in [2.45, 2.75) is 19.4 Å². The third kappa shape index (κ3) is 5.55. The fourth-order valence-electron chi connectivity index (χ4n) is 2.19. The van der Waals surface area contributed by atoms with Gasteiger partial charge in [0.15, 0.2) is 6.10 Å². The van der Waals surface area contributed by atoms with Crippen LogP contribution in [0.5, 0.6) is 17.2 Å². The summed E-state index contributed by atoms with van der Waals surface area (Å²) in [6.07, 6.45) is -6.77. The summed E-state index contributed by atoms with van der Waals surface area (Å²) < 4.78 is 78.8. The molecule has 0 fully saturated rings. The molecule has 2 aromatic rings. The minimum Gasteiger partial charge on any atom is -0.479 e. The van der Waals surface area contributed by atoms with E-state index in [0.29, 0.717) is 12.1 Å². The number of benzene rings is 2. The summed E-state index contributed by atoms with van der Waals surface area (Å²) in [4.78, 5) is 11.1. The highest BCUT2D eigenvalue weighted by Crippen LogP contribution is 2.32. The van der Waals surface area contributed by atoms with Crippen molar-refractivity contribution in [2.24, 2.45) is 0 Å². The first-order valence-corrected chi connectivity index (χ1v) is 7.47. The SMILES string of the molecule is CCOC(C(=O)O)c1c(F)cc(Oc2cccc(OC(F)(F)F)c2)cc1F. The van der Waals surface area contributed by atoms with Crippen molar-refractivity contribution >= 4 is 5.97 Å². The van der Waals surface area contributed by atoms with E-state index in [1.54, 1.807) is 0 Å². The first-order valence-electron chi connectivity index (χ1n) is 7.47. The van der Waals surface area contributed by atoms with Crippen LogP contribution >= 0.6 is 0 Å². The maximum absolute atomic E-state index is 14.2. The Morgan fingerprint density at radius 1 is 1.07 bits per heavy atom. The van der Waals surface area contributed by atoms with E-state index in [2.05, 4.69) is 4.74 Å². The Labute approximate surface area is 149 Å². The van der Waals surface area contributed by atoms with Crippen LogP contribution in [0.25, 0.3) is 0 Å². The van der Waals surface area contributed by atoms with E-state index in [9.17, 15) is 26.7 Å². The molecule has 0 bridgehead atoms. The number of halogens is 5. The predicted molar refractivity (Wildman–Crippen MR) is 81.6 cm³/mol. The van der Waals surface area contributed by atoms with Crippen molar-refractivity contribution in [1.82, 2.24) is 0 Å². The number of carboxylic acid groups (broad SMARTS) is 1. The number of ether oxygens (including phenoxy) is 3. The van der Waals surface area contributed by atoms with Gasteiger partial charge in [-0.05, 0) is 19.1 Å². The molecule has 0 saturated carbocycles. The zero-order chi connectivity index (χ0) is 20.2. The number of carbonyl (C=O) groups is 1. The number of carboxylic acids is 1. The minimum absolute atomic E-state index is 0.0971. The molecule has 2 rings (SSSR count). The Morgan fingerprint density at radius 3 is 2.19 bits per heavy atom. The molecule has 1 N–H and O–H groups in total. The minimum atomic E-state index is -4.91. The zero-order valence-electron chi connectivity index (χ0n) is 13.7. The Morgan fingerprint density at radius 2 is 1.67 bits per heavy atom. The zero-order valence-corrected chi connectivity index (χ0v) is 13.7. The number of rotatable bonds is 7. The molecule has 1 atom stereocenters. The van der Waals surface area contributed by atoms with E-state index >= 15 is 0 Å². The van der Waals surface area contributed by atoms with E-state index in [1.165, 1.54) is 19.1 Å². The highest BCUT2D eigenvalue weighted by molar-refractivity contribution is 5.74. The van der Waals surface area contributed by atoms with Crippen LogP contribution in [0, 0.1) is 11.6 Å². The van der Waals surface area contributed by atoms with Gasteiger partial charge in [-0.1, -0.05) is 6.07 Å². The van der Waals surface area contributed by atoms with Crippen LogP contribution < -0.4 is 9.47 Å². The largest absolute Gasteiger partial charge is 0.573 e. The molecule has 0 aliphatic heterocycles. The van der Waals surface area contributed by atoms with Gasteiger partial charge in [-0.3, -0.25) is 0 Å². The van der Waals surface area contributed by atoms with Crippen molar-refractivity contribution in [3.05, 3.63) is 53.6 Å².